The first-order valence-corrected chi connectivity index (χ1v) is 11.5. The topological polar surface area (TPSA) is 75.2 Å². The summed E-state index contributed by atoms with van der Waals surface area (Å²) >= 11 is 2.92. The first-order valence-electron chi connectivity index (χ1n) is 9.72. The van der Waals surface area contributed by atoms with Crippen LogP contribution < -0.4 is 10.2 Å². The number of amides is 2. The van der Waals surface area contributed by atoms with Gasteiger partial charge in [-0.3, -0.25) is 14.9 Å². The fourth-order valence-electron chi connectivity index (χ4n) is 3.41. The molecule has 31 heavy (non-hydrogen) atoms. The summed E-state index contributed by atoms with van der Waals surface area (Å²) in [6, 6.07) is 17.1. The number of pyridine rings is 1. The number of aryl methyl sites for hydroxylation is 1. The number of aromatic nitrogens is 2. The highest BCUT2D eigenvalue weighted by Crippen LogP contribution is 2.34. The van der Waals surface area contributed by atoms with Crippen molar-refractivity contribution in [2.24, 2.45) is 0 Å². The molecule has 2 aromatic heterocycles. The molecule has 0 atom stereocenters. The molecule has 8 heteroatoms. The highest BCUT2D eigenvalue weighted by Gasteiger charge is 2.25. The van der Waals surface area contributed by atoms with Gasteiger partial charge in [0, 0.05) is 11.8 Å². The third-order valence-corrected chi connectivity index (χ3v) is 6.91. The lowest BCUT2D eigenvalue weighted by atomic mass is 10.1. The van der Waals surface area contributed by atoms with Gasteiger partial charge in [0.2, 0.25) is 5.91 Å². The van der Waals surface area contributed by atoms with Gasteiger partial charge in [0.25, 0.3) is 5.91 Å². The van der Waals surface area contributed by atoms with Gasteiger partial charge in [-0.15, -0.1) is 0 Å². The highest BCUT2D eigenvalue weighted by molar-refractivity contribution is 8.00. The summed E-state index contributed by atoms with van der Waals surface area (Å²) < 4.78 is 1.05. The predicted molar refractivity (Wildman–Crippen MR) is 125 cm³/mol. The molecule has 0 saturated carbocycles. The van der Waals surface area contributed by atoms with E-state index in [1.807, 2.05) is 43.3 Å². The monoisotopic (exact) mass is 446 g/mol. The Balaban J connectivity index is 1.30. The number of fused-ring (bicyclic) bond motifs is 2. The molecule has 154 valence electrons. The number of thiazole rings is 1. The zero-order valence-electron chi connectivity index (χ0n) is 16.7. The second kappa shape index (κ2) is 8.13. The molecule has 5 rings (SSSR count). The van der Waals surface area contributed by atoms with Crippen LogP contribution in [-0.2, 0) is 11.3 Å². The summed E-state index contributed by atoms with van der Waals surface area (Å²) in [6.07, 6.45) is 1.74. The number of rotatable bonds is 4. The van der Waals surface area contributed by atoms with Gasteiger partial charge in [-0.05, 0) is 54.4 Å². The Morgan fingerprint density at radius 3 is 2.84 bits per heavy atom. The normalized spacial score (nSPS) is 13.3. The molecule has 2 amide bonds. The molecule has 6 nitrogen and oxygen atoms in total. The third kappa shape index (κ3) is 4.04. The molecule has 0 saturated heterocycles. The van der Waals surface area contributed by atoms with Gasteiger partial charge in [-0.2, -0.15) is 0 Å². The molecule has 0 radical (unpaired) electrons. The molecule has 0 fully saturated rings. The third-order valence-electron chi connectivity index (χ3n) is 5.00. The summed E-state index contributed by atoms with van der Waals surface area (Å²) in [5, 5.41) is 4.32. The number of carbonyl (C=O) groups is 2. The second-order valence-electron chi connectivity index (χ2n) is 7.24. The summed E-state index contributed by atoms with van der Waals surface area (Å²) in [5.41, 5.74) is 4.36. The fraction of sp³-hybridized carbons (Fsp3) is 0.130. The van der Waals surface area contributed by atoms with Gasteiger partial charge in [-0.1, -0.05) is 41.3 Å². The van der Waals surface area contributed by atoms with E-state index < -0.39 is 0 Å². The van der Waals surface area contributed by atoms with Gasteiger partial charge in [0.05, 0.1) is 28.2 Å². The van der Waals surface area contributed by atoms with Crippen molar-refractivity contribution in [3.05, 3.63) is 77.5 Å². The maximum absolute atomic E-state index is 12.7. The van der Waals surface area contributed by atoms with Crippen LogP contribution in [0.1, 0.15) is 21.5 Å². The summed E-state index contributed by atoms with van der Waals surface area (Å²) in [5.74, 6) is 0.229. The molecular weight excluding hydrogens is 428 g/mol. The maximum Gasteiger partial charge on any atom is 0.257 e. The number of anilines is 2. The molecule has 0 unspecified atom stereocenters. The van der Waals surface area contributed by atoms with E-state index >= 15 is 0 Å². The second-order valence-corrected chi connectivity index (χ2v) is 9.23. The summed E-state index contributed by atoms with van der Waals surface area (Å²) in [6.45, 7) is 2.47. The lowest BCUT2D eigenvalue weighted by molar-refractivity contribution is -0.116. The van der Waals surface area contributed by atoms with Crippen molar-refractivity contribution < 1.29 is 9.59 Å². The zero-order valence-corrected chi connectivity index (χ0v) is 18.3. The number of thioether (sulfide) groups is 1. The van der Waals surface area contributed by atoms with Crippen LogP contribution in [0.3, 0.4) is 0 Å². The van der Waals surface area contributed by atoms with E-state index in [0.29, 0.717) is 23.0 Å². The minimum absolute atomic E-state index is 0.0541. The Labute approximate surface area is 187 Å². The standard InChI is InChI=1S/C23H18N4O2S2/c1-14-4-9-17-19(11-14)31-23(25-17)26-21(29)16-7-5-15(6-8-16)12-27-18-3-2-10-24-22(18)30-13-20(27)28/h2-11H,12-13H2,1H3,(H,25,26,29). The zero-order chi connectivity index (χ0) is 21.4. The van der Waals surface area contributed by atoms with Crippen LogP contribution >= 0.6 is 23.1 Å². The van der Waals surface area contributed by atoms with Crippen molar-refractivity contribution in [1.29, 1.82) is 0 Å². The quantitative estimate of drug-likeness (QED) is 0.483. The Morgan fingerprint density at radius 1 is 1.16 bits per heavy atom. The Kier molecular flexibility index (Phi) is 5.17. The van der Waals surface area contributed by atoms with Gasteiger partial charge in [-0.25, -0.2) is 9.97 Å². The number of nitrogens with one attached hydrogen (secondary N) is 1. The van der Waals surface area contributed by atoms with Gasteiger partial charge < -0.3 is 4.90 Å². The number of hydrogen-bond acceptors (Lipinski definition) is 6. The van der Waals surface area contributed by atoms with E-state index in [1.165, 1.54) is 23.1 Å². The van der Waals surface area contributed by atoms with Crippen LogP contribution in [0, 0.1) is 6.92 Å². The highest BCUT2D eigenvalue weighted by atomic mass is 32.2. The maximum atomic E-state index is 12.7. The van der Waals surface area contributed by atoms with Crippen LogP contribution in [-0.4, -0.2) is 27.5 Å². The van der Waals surface area contributed by atoms with E-state index in [2.05, 4.69) is 21.4 Å². The fourth-order valence-corrected chi connectivity index (χ4v) is 5.25. The summed E-state index contributed by atoms with van der Waals surface area (Å²) in [4.78, 5) is 35.7. The van der Waals surface area contributed by atoms with Crippen molar-refractivity contribution in [3.8, 4) is 0 Å². The van der Waals surface area contributed by atoms with Crippen molar-refractivity contribution in [1.82, 2.24) is 9.97 Å². The molecule has 1 N–H and O–H groups in total. The van der Waals surface area contributed by atoms with Crippen LogP contribution in [0.2, 0.25) is 0 Å². The van der Waals surface area contributed by atoms with Gasteiger partial charge in [0.1, 0.15) is 5.03 Å². The van der Waals surface area contributed by atoms with E-state index in [0.717, 1.165) is 32.1 Å². The lowest BCUT2D eigenvalue weighted by Gasteiger charge is -2.28. The smallest absolute Gasteiger partial charge is 0.257 e. The molecule has 1 aliphatic heterocycles. The van der Waals surface area contributed by atoms with Crippen molar-refractivity contribution >= 4 is 55.9 Å². The van der Waals surface area contributed by atoms with Crippen LogP contribution in [0.25, 0.3) is 10.2 Å². The number of carbonyl (C=O) groups excluding carboxylic acids is 2. The average molecular weight is 447 g/mol. The molecule has 0 spiro atoms. The molecule has 1 aliphatic rings. The first-order chi connectivity index (χ1) is 15.1. The number of hydrogen-bond donors (Lipinski definition) is 1. The summed E-state index contributed by atoms with van der Waals surface area (Å²) in [7, 11) is 0. The molecule has 0 aliphatic carbocycles. The lowest BCUT2D eigenvalue weighted by Crippen LogP contribution is -2.35. The molecule has 2 aromatic carbocycles. The van der Waals surface area contributed by atoms with Crippen molar-refractivity contribution in [2.75, 3.05) is 16.0 Å². The molecule has 0 bridgehead atoms. The molecule has 4 aromatic rings. The largest absolute Gasteiger partial charge is 0.305 e. The average Bonchev–Trinajstić information content (AvgIpc) is 3.17. The molecule has 3 heterocycles. The van der Waals surface area contributed by atoms with E-state index in [4.69, 9.17) is 0 Å². The minimum atomic E-state index is -0.206. The minimum Gasteiger partial charge on any atom is -0.305 e. The van der Waals surface area contributed by atoms with E-state index in [1.54, 1.807) is 23.2 Å². The predicted octanol–water partition coefficient (Wildman–Crippen LogP) is 4.89. The van der Waals surface area contributed by atoms with Crippen molar-refractivity contribution in [3.63, 3.8) is 0 Å². The van der Waals surface area contributed by atoms with E-state index in [-0.39, 0.29) is 11.8 Å². The van der Waals surface area contributed by atoms with Gasteiger partial charge in [0.15, 0.2) is 5.13 Å². The van der Waals surface area contributed by atoms with Crippen molar-refractivity contribution in [2.45, 2.75) is 18.5 Å². The Bertz CT molecular complexity index is 1300. The first kappa shape index (κ1) is 19.7. The Hall–Kier alpha value is -3.23. The number of nitrogens with zero attached hydrogens (tertiary/aromatic N) is 3. The van der Waals surface area contributed by atoms with Crippen LogP contribution in [0.4, 0.5) is 10.8 Å². The van der Waals surface area contributed by atoms with E-state index in [9.17, 15) is 9.59 Å². The number of benzene rings is 2. The Morgan fingerprint density at radius 2 is 2.00 bits per heavy atom. The van der Waals surface area contributed by atoms with Gasteiger partial charge >= 0.3 is 0 Å². The van der Waals surface area contributed by atoms with Crippen LogP contribution in [0.15, 0.2) is 65.8 Å². The van der Waals surface area contributed by atoms with Crippen LogP contribution in [0.5, 0.6) is 0 Å². The molecular formula is C23H18N4O2S2. The SMILES string of the molecule is Cc1ccc2nc(NC(=O)c3ccc(CN4C(=O)CSc5ncccc54)cc3)sc2c1.